The molecule has 1 aliphatic rings. The Labute approximate surface area is 175 Å². The lowest BCUT2D eigenvalue weighted by molar-refractivity contribution is -0.140. The second kappa shape index (κ2) is 7.75. The number of esters is 1. The van der Waals surface area contributed by atoms with Crippen LogP contribution in [-0.2, 0) is 20.7 Å². The number of fused-ring (bicyclic) bond motifs is 2. The number of methoxy groups -OCH3 is 1. The van der Waals surface area contributed by atoms with Gasteiger partial charge >= 0.3 is 5.97 Å². The number of aromatic amines is 1. The third-order valence-corrected chi connectivity index (χ3v) is 5.07. The van der Waals surface area contributed by atoms with Crippen LogP contribution < -0.4 is 10.2 Å². The molecule has 1 unspecified atom stereocenters. The molecule has 1 atom stereocenters. The minimum absolute atomic E-state index is 0.158. The first-order chi connectivity index (χ1) is 14.4. The SMILES string of the molecule is COC(=O)CN1C(=O)C(NC(=O)c2cc3cc(Cl)ncc3[nH]2)Cc2ccc(F)cc21. The van der Waals surface area contributed by atoms with E-state index in [0.717, 1.165) is 4.90 Å². The van der Waals surface area contributed by atoms with Gasteiger partial charge in [-0.25, -0.2) is 9.37 Å². The molecule has 1 aromatic carbocycles. The highest BCUT2D eigenvalue weighted by Gasteiger charge is 2.35. The fraction of sp³-hybridized carbons (Fsp3) is 0.200. The van der Waals surface area contributed by atoms with Crippen LogP contribution in [-0.4, -0.2) is 47.4 Å². The van der Waals surface area contributed by atoms with Gasteiger partial charge in [-0.05, 0) is 29.8 Å². The van der Waals surface area contributed by atoms with Gasteiger partial charge in [-0.15, -0.1) is 0 Å². The fourth-order valence-electron chi connectivity index (χ4n) is 3.41. The van der Waals surface area contributed by atoms with Crippen molar-refractivity contribution >= 4 is 46.0 Å². The number of benzene rings is 1. The lowest BCUT2D eigenvalue weighted by Crippen LogP contribution is -2.54. The quantitative estimate of drug-likeness (QED) is 0.488. The molecule has 1 aliphatic heterocycles. The first kappa shape index (κ1) is 19.8. The molecule has 3 aromatic rings. The molecule has 2 amide bonds. The third kappa shape index (κ3) is 3.71. The van der Waals surface area contributed by atoms with Crippen LogP contribution in [0.25, 0.3) is 10.9 Å². The minimum atomic E-state index is -0.937. The monoisotopic (exact) mass is 430 g/mol. The zero-order valence-corrected chi connectivity index (χ0v) is 16.5. The molecule has 0 bridgehead atoms. The summed E-state index contributed by atoms with van der Waals surface area (Å²) in [5.41, 5.74) is 1.75. The van der Waals surface area contributed by atoms with Crippen LogP contribution in [0.1, 0.15) is 16.1 Å². The number of halogens is 2. The number of hydrogen-bond acceptors (Lipinski definition) is 5. The summed E-state index contributed by atoms with van der Waals surface area (Å²) in [4.78, 5) is 45.5. The maximum atomic E-state index is 13.7. The molecule has 2 aromatic heterocycles. The number of pyridine rings is 1. The van der Waals surface area contributed by atoms with E-state index in [1.54, 1.807) is 12.1 Å². The summed E-state index contributed by atoms with van der Waals surface area (Å²) in [6.07, 6.45) is 1.66. The van der Waals surface area contributed by atoms with Crippen molar-refractivity contribution in [3.05, 3.63) is 58.8 Å². The molecule has 2 N–H and O–H groups in total. The van der Waals surface area contributed by atoms with Gasteiger partial charge in [0.05, 0.1) is 24.5 Å². The number of rotatable bonds is 4. The number of hydrogen-bond donors (Lipinski definition) is 2. The van der Waals surface area contributed by atoms with Crippen molar-refractivity contribution in [1.29, 1.82) is 0 Å². The summed E-state index contributed by atoms with van der Waals surface area (Å²) < 4.78 is 18.4. The van der Waals surface area contributed by atoms with Gasteiger partial charge in [0.15, 0.2) is 0 Å². The normalized spacial score (nSPS) is 15.8. The number of carbonyl (C=O) groups is 3. The van der Waals surface area contributed by atoms with Gasteiger partial charge in [0.25, 0.3) is 5.91 Å². The van der Waals surface area contributed by atoms with Crippen LogP contribution in [0.2, 0.25) is 5.15 Å². The van der Waals surface area contributed by atoms with Crippen LogP contribution in [0.4, 0.5) is 10.1 Å². The van der Waals surface area contributed by atoms with Crippen molar-refractivity contribution in [3.63, 3.8) is 0 Å². The van der Waals surface area contributed by atoms with Gasteiger partial charge in [0.2, 0.25) is 5.91 Å². The molecule has 0 fully saturated rings. The smallest absolute Gasteiger partial charge is 0.325 e. The number of ether oxygens (including phenoxy) is 1. The number of carbonyl (C=O) groups excluding carboxylic acids is 3. The molecule has 0 aliphatic carbocycles. The van der Waals surface area contributed by atoms with Crippen LogP contribution in [0.3, 0.4) is 0 Å². The van der Waals surface area contributed by atoms with E-state index in [1.807, 2.05) is 0 Å². The van der Waals surface area contributed by atoms with E-state index in [0.29, 0.717) is 21.6 Å². The average molecular weight is 431 g/mol. The first-order valence-corrected chi connectivity index (χ1v) is 9.35. The molecule has 0 radical (unpaired) electrons. The molecule has 154 valence electrons. The molecule has 30 heavy (non-hydrogen) atoms. The Hall–Kier alpha value is -3.46. The highest BCUT2D eigenvalue weighted by molar-refractivity contribution is 6.30. The Bertz CT molecular complexity index is 1180. The van der Waals surface area contributed by atoms with Crippen LogP contribution >= 0.6 is 11.6 Å². The van der Waals surface area contributed by atoms with E-state index in [2.05, 4.69) is 20.0 Å². The maximum absolute atomic E-state index is 13.7. The van der Waals surface area contributed by atoms with Crippen molar-refractivity contribution in [3.8, 4) is 0 Å². The molecule has 8 nitrogen and oxygen atoms in total. The van der Waals surface area contributed by atoms with Gasteiger partial charge in [-0.3, -0.25) is 19.3 Å². The standard InChI is InChI=1S/C20H16ClFN4O4/c1-30-18(27)9-26-16-7-12(22)3-2-10(16)4-14(20(26)29)25-19(28)13-5-11-6-17(21)23-8-15(11)24-13/h2-3,5-8,14,24H,4,9H2,1H3,(H,25,28). The van der Waals surface area contributed by atoms with Crippen molar-refractivity contribution in [2.24, 2.45) is 0 Å². The molecule has 3 heterocycles. The predicted octanol–water partition coefficient (Wildman–Crippen LogP) is 2.22. The van der Waals surface area contributed by atoms with Crippen molar-refractivity contribution in [1.82, 2.24) is 15.3 Å². The third-order valence-electron chi connectivity index (χ3n) is 4.86. The van der Waals surface area contributed by atoms with Crippen LogP contribution in [0, 0.1) is 5.82 Å². The molecule has 4 rings (SSSR count). The predicted molar refractivity (Wildman–Crippen MR) is 107 cm³/mol. The summed E-state index contributed by atoms with van der Waals surface area (Å²) >= 11 is 5.87. The van der Waals surface area contributed by atoms with Crippen molar-refractivity contribution < 1.29 is 23.5 Å². The largest absolute Gasteiger partial charge is 0.468 e. The Morgan fingerprint density at radius 1 is 1.37 bits per heavy atom. The van der Waals surface area contributed by atoms with E-state index in [9.17, 15) is 18.8 Å². The zero-order valence-electron chi connectivity index (χ0n) is 15.7. The number of nitrogens with zero attached hydrogens (tertiary/aromatic N) is 2. The van der Waals surface area contributed by atoms with Gasteiger partial charge < -0.3 is 15.0 Å². The minimum Gasteiger partial charge on any atom is -0.468 e. The lowest BCUT2D eigenvalue weighted by atomic mass is 9.96. The Morgan fingerprint density at radius 2 is 2.17 bits per heavy atom. The lowest BCUT2D eigenvalue weighted by Gasteiger charge is -2.33. The average Bonchev–Trinajstić information content (AvgIpc) is 3.14. The van der Waals surface area contributed by atoms with Gasteiger partial charge in [0, 0.05) is 11.8 Å². The van der Waals surface area contributed by atoms with E-state index in [1.165, 1.54) is 31.5 Å². The number of anilines is 1. The molecular formula is C20H16ClFN4O4. The summed E-state index contributed by atoms with van der Waals surface area (Å²) in [6.45, 7) is -0.394. The summed E-state index contributed by atoms with van der Waals surface area (Å²) in [6, 6.07) is 6.24. The summed E-state index contributed by atoms with van der Waals surface area (Å²) in [5.74, 6) is -2.24. The second-order valence-electron chi connectivity index (χ2n) is 6.78. The molecule has 0 saturated heterocycles. The Kier molecular flexibility index (Phi) is 5.13. The highest BCUT2D eigenvalue weighted by atomic mass is 35.5. The molecular weight excluding hydrogens is 415 g/mol. The van der Waals surface area contributed by atoms with E-state index in [4.69, 9.17) is 11.6 Å². The fourth-order valence-corrected chi connectivity index (χ4v) is 3.57. The van der Waals surface area contributed by atoms with Crippen molar-refractivity contribution in [2.45, 2.75) is 12.5 Å². The number of nitrogens with one attached hydrogen (secondary N) is 2. The summed E-state index contributed by atoms with van der Waals surface area (Å²) in [7, 11) is 1.19. The summed E-state index contributed by atoms with van der Waals surface area (Å²) in [5, 5.41) is 3.66. The van der Waals surface area contributed by atoms with Gasteiger partial charge in [-0.1, -0.05) is 17.7 Å². The molecule has 0 spiro atoms. The molecule has 10 heteroatoms. The topological polar surface area (TPSA) is 104 Å². The highest BCUT2D eigenvalue weighted by Crippen LogP contribution is 2.29. The number of aromatic nitrogens is 2. The Balaban J connectivity index is 1.61. The van der Waals surface area contributed by atoms with Crippen LogP contribution in [0.15, 0.2) is 36.5 Å². The Morgan fingerprint density at radius 3 is 2.93 bits per heavy atom. The van der Waals surface area contributed by atoms with E-state index < -0.39 is 36.2 Å². The maximum Gasteiger partial charge on any atom is 0.325 e. The van der Waals surface area contributed by atoms with E-state index >= 15 is 0 Å². The van der Waals surface area contributed by atoms with Gasteiger partial charge in [0.1, 0.15) is 29.3 Å². The second-order valence-corrected chi connectivity index (χ2v) is 7.17. The number of H-pyrrole nitrogens is 1. The number of amides is 2. The van der Waals surface area contributed by atoms with Crippen molar-refractivity contribution in [2.75, 3.05) is 18.6 Å². The molecule has 0 saturated carbocycles. The van der Waals surface area contributed by atoms with Crippen LogP contribution in [0.5, 0.6) is 0 Å². The van der Waals surface area contributed by atoms with Gasteiger partial charge in [-0.2, -0.15) is 0 Å². The zero-order chi connectivity index (χ0) is 21.4. The first-order valence-electron chi connectivity index (χ1n) is 8.97. The van der Waals surface area contributed by atoms with E-state index in [-0.39, 0.29) is 17.8 Å².